The van der Waals surface area contributed by atoms with Crippen LogP contribution in [0, 0.1) is 0 Å². The Hall–Kier alpha value is -0.410. The van der Waals surface area contributed by atoms with Gasteiger partial charge in [-0.15, -0.1) is 11.3 Å². The highest BCUT2D eigenvalue weighted by Crippen LogP contribution is 2.47. The second-order valence-corrected chi connectivity index (χ2v) is 6.55. The zero-order valence-corrected chi connectivity index (χ0v) is 11.5. The number of nitrogens with one attached hydrogen (secondary N) is 1. The van der Waals surface area contributed by atoms with Gasteiger partial charge in [-0.1, -0.05) is 13.3 Å². The molecule has 2 aliphatic carbocycles. The summed E-state index contributed by atoms with van der Waals surface area (Å²) in [6.45, 7) is 4.45. The summed E-state index contributed by atoms with van der Waals surface area (Å²) < 4.78 is 0. The fraction of sp³-hybridized carbons (Fsp3) is 0.786. The molecule has 2 saturated carbocycles. The predicted octanol–water partition coefficient (Wildman–Crippen LogP) is 3.79. The second kappa shape index (κ2) is 5.07. The van der Waals surface area contributed by atoms with Crippen molar-refractivity contribution in [2.45, 2.75) is 63.8 Å². The van der Waals surface area contributed by atoms with Crippen molar-refractivity contribution in [3.8, 4) is 0 Å². The lowest BCUT2D eigenvalue weighted by Crippen LogP contribution is -2.14. The number of hydrogen-bond donors (Lipinski definition) is 1. The van der Waals surface area contributed by atoms with Crippen LogP contribution in [0.4, 0.5) is 0 Å². The van der Waals surface area contributed by atoms with Crippen molar-refractivity contribution in [2.24, 2.45) is 0 Å². The van der Waals surface area contributed by atoms with E-state index >= 15 is 0 Å². The molecule has 0 saturated heterocycles. The standard InChI is InChI=1S/C14H22N2S/c1-2-3-8-15-9-12-13(10-4-5-10)16-14(17-12)11-6-7-11/h10-11,15H,2-9H2,1H3. The number of aromatic nitrogens is 1. The molecule has 0 aromatic carbocycles. The smallest absolute Gasteiger partial charge is 0.0962 e. The molecule has 2 fully saturated rings. The quantitative estimate of drug-likeness (QED) is 0.745. The molecule has 0 amide bonds. The zero-order valence-electron chi connectivity index (χ0n) is 10.7. The molecule has 1 heterocycles. The van der Waals surface area contributed by atoms with Gasteiger partial charge in [0.2, 0.25) is 0 Å². The molecule has 3 heteroatoms. The van der Waals surface area contributed by atoms with E-state index in [1.54, 1.807) is 0 Å². The molecule has 0 bridgehead atoms. The molecule has 3 rings (SSSR count). The summed E-state index contributed by atoms with van der Waals surface area (Å²) >= 11 is 1.98. The van der Waals surface area contributed by atoms with Crippen LogP contribution >= 0.6 is 11.3 Å². The lowest BCUT2D eigenvalue weighted by atomic mass is 10.2. The highest BCUT2D eigenvalue weighted by molar-refractivity contribution is 7.11. The summed E-state index contributed by atoms with van der Waals surface area (Å²) in [6.07, 6.45) is 8.05. The van der Waals surface area contributed by atoms with Gasteiger partial charge in [0.1, 0.15) is 0 Å². The van der Waals surface area contributed by atoms with Gasteiger partial charge in [0.15, 0.2) is 0 Å². The van der Waals surface area contributed by atoms with Crippen molar-refractivity contribution in [3.05, 3.63) is 15.6 Å². The predicted molar refractivity (Wildman–Crippen MR) is 72.7 cm³/mol. The molecule has 2 nitrogen and oxygen atoms in total. The summed E-state index contributed by atoms with van der Waals surface area (Å²) in [7, 11) is 0. The van der Waals surface area contributed by atoms with Gasteiger partial charge in [-0.3, -0.25) is 0 Å². The van der Waals surface area contributed by atoms with E-state index in [1.165, 1.54) is 54.1 Å². The fourth-order valence-electron chi connectivity index (χ4n) is 2.19. The van der Waals surface area contributed by atoms with Gasteiger partial charge in [-0.25, -0.2) is 4.98 Å². The number of thiazole rings is 1. The fourth-order valence-corrected chi connectivity index (χ4v) is 3.48. The van der Waals surface area contributed by atoms with Gasteiger partial charge in [0, 0.05) is 23.3 Å². The SMILES string of the molecule is CCCCNCc1sc(C2CC2)nc1C1CC1. The maximum absolute atomic E-state index is 4.91. The van der Waals surface area contributed by atoms with Crippen LogP contribution in [0.3, 0.4) is 0 Å². The number of rotatable bonds is 7. The summed E-state index contributed by atoms with van der Waals surface area (Å²) in [5.74, 6) is 1.63. The molecular weight excluding hydrogens is 228 g/mol. The summed E-state index contributed by atoms with van der Waals surface area (Å²) in [5.41, 5.74) is 1.45. The van der Waals surface area contributed by atoms with Crippen LogP contribution in [0.25, 0.3) is 0 Å². The molecule has 1 N–H and O–H groups in total. The number of hydrogen-bond acceptors (Lipinski definition) is 3. The maximum atomic E-state index is 4.91. The zero-order chi connectivity index (χ0) is 11.7. The minimum absolute atomic E-state index is 0.807. The van der Waals surface area contributed by atoms with Crippen molar-refractivity contribution in [1.29, 1.82) is 0 Å². The van der Waals surface area contributed by atoms with Crippen molar-refractivity contribution < 1.29 is 0 Å². The van der Waals surface area contributed by atoms with Crippen LogP contribution in [0.5, 0.6) is 0 Å². The van der Waals surface area contributed by atoms with Crippen LogP contribution in [0.2, 0.25) is 0 Å². The van der Waals surface area contributed by atoms with Gasteiger partial charge < -0.3 is 5.32 Å². The molecule has 0 radical (unpaired) electrons. The Bertz CT molecular complexity index is 378. The highest BCUT2D eigenvalue weighted by Gasteiger charge is 2.33. The Morgan fingerprint density at radius 3 is 2.65 bits per heavy atom. The Labute approximate surface area is 108 Å². The molecule has 94 valence electrons. The van der Waals surface area contributed by atoms with Crippen molar-refractivity contribution in [2.75, 3.05) is 6.54 Å². The lowest BCUT2D eigenvalue weighted by Gasteiger charge is -2.03. The average Bonchev–Trinajstić information content (AvgIpc) is 3.23. The van der Waals surface area contributed by atoms with Gasteiger partial charge in [-0.2, -0.15) is 0 Å². The minimum atomic E-state index is 0.807. The summed E-state index contributed by atoms with van der Waals surface area (Å²) in [4.78, 5) is 6.44. The minimum Gasteiger partial charge on any atom is -0.312 e. The van der Waals surface area contributed by atoms with E-state index in [0.717, 1.165) is 24.9 Å². The first-order valence-electron chi connectivity index (χ1n) is 7.08. The first-order valence-corrected chi connectivity index (χ1v) is 7.90. The third-order valence-corrected chi connectivity index (χ3v) is 4.86. The lowest BCUT2D eigenvalue weighted by molar-refractivity contribution is 0.642. The van der Waals surface area contributed by atoms with Gasteiger partial charge >= 0.3 is 0 Å². The normalized spacial score (nSPS) is 19.8. The van der Waals surface area contributed by atoms with Crippen LogP contribution < -0.4 is 5.32 Å². The van der Waals surface area contributed by atoms with Crippen LogP contribution in [-0.4, -0.2) is 11.5 Å². The van der Waals surface area contributed by atoms with E-state index in [-0.39, 0.29) is 0 Å². The Balaban J connectivity index is 1.63. The van der Waals surface area contributed by atoms with E-state index in [4.69, 9.17) is 4.98 Å². The largest absolute Gasteiger partial charge is 0.312 e. The monoisotopic (exact) mass is 250 g/mol. The van der Waals surface area contributed by atoms with Crippen LogP contribution in [0.1, 0.15) is 72.9 Å². The number of nitrogens with zero attached hydrogens (tertiary/aromatic N) is 1. The highest BCUT2D eigenvalue weighted by atomic mass is 32.1. The molecule has 17 heavy (non-hydrogen) atoms. The number of unbranched alkanes of at least 4 members (excludes halogenated alkanes) is 1. The average molecular weight is 250 g/mol. The van der Waals surface area contributed by atoms with Gasteiger partial charge in [0.05, 0.1) is 10.7 Å². The topological polar surface area (TPSA) is 24.9 Å². The van der Waals surface area contributed by atoms with Crippen molar-refractivity contribution >= 4 is 11.3 Å². The van der Waals surface area contributed by atoms with Gasteiger partial charge in [-0.05, 0) is 38.6 Å². The van der Waals surface area contributed by atoms with Crippen LogP contribution in [0.15, 0.2) is 0 Å². The molecule has 0 unspecified atom stereocenters. The molecule has 0 aliphatic heterocycles. The van der Waals surface area contributed by atoms with Crippen LogP contribution in [-0.2, 0) is 6.54 Å². The summed E-state index contributed by atoms with van der Waals surface area (Å²) in [5, 5.41) is 5.00. The van der Waals surface area contributed by atoms with E-state index in [9.17, 15) is 0 Å². The van der Waals surface area contributed by atoms with Crippen molar-refractivity contribution in [3.63, 3.8) is 0 Å². The van der Waals surface area contributed by atoms with Crippen molar-refractivity contribution in [1.82, 2.24) is 10.3 Å². The van der Waals surface area contributed by atoms with E-state index in [1.807, 2.05) is 11.3 Å². The Kier molecular flexibility index (Phi) is 3.48. The summed E-state index contributed by atoms with van der Waals surface area (Å²) in [6, 6.07) is 0. The van der Waals surface area contributed by atoms with E-state index in [2.05, 4.69) is 12.2 Å². The first kappa shape index (κ1) is 11.7. The van der Waals surface area contributed by atoms with Gasteiger partial charge in [0.25, 0.3) is 0 Å². The van der Waals surface area contributed by atoms with E-state index in [0.29, 0.717) is 0 Å². The maximum Gasteiger partial charge on any atom is 0.0962 e. The second-order valence-electron chi connectivity index (χ2n) is 5.44. The molecule has 0 atom stereocenters. The third kappa shape index (κ3) is 2.89. The molecule has 1 aromatic heterocycles. The molecule has 2 aliphatic rings. The Morgan fingerprint density at radius 1 is 1.24 bits per heavy atom. The third-order valence-electron chi connectivity index (χ3n) is 3.63. The first-order chi connectivity index (χ1) is 8.38. The molecule has 1 aromatic rings. The molecule has 0 spiro atoms. The Morgan fingerprint density at radius 2 is 2.00 bits per heavy atom. The van der Waals surface area contributed by atoms with E-state index < -0.39 is 0 Å². The molecular formula is C14H22N2S.